The van der Waals surface area contributed by atoms with Crippen molar-refractivity contribution in [1.29, 1.82) is 5.26 Å². The highest BCUT2D eigenvalue weighted by Gasteiger charge is 2.25. The maximum Gasteiger partial charge on any atom is 0.253 e. The molecule has 0 bridgehead atoms. The molecule has 0 atom stereocenters. The maximum absolute atomic E-state index is 12.7. The zero-order valence-corrected chi connectivity index (χ0v) is 15.8. The summed E-state index contributed by atoms with van der Waals surface area (Å²) in [5.41, 5.74) is 0.688. The molecule has 0 aliphatic carbocycles. The normalized spacial score (nSPS) is 14.5. The van der Waals surface area contributed by atoms with Crippen LogP contribution in [0.1, 0.15) is 22.5 Å². The predicted molar refractivity (Wildman–Crippen MR) is 103 cm³/mol. The summed E-state index contributed by atoms with van der Waals surface area (Å²) in [6.07, 6.45) is 1.86. The van der Waals surface area contributed by atoms with Gasteiger partial charge in [0.05, 0.1) is 31.8 Å². The van der Waals surface area contributed by atoms with Gasteiger partial charge in [-0.25, -0.2) is 0 Å². The molecule has 2 aromatic rings. The quantitative estimate of drug-likeness (QED) is 0.734. The van der Waals surface area contributed by atoms with Crippen LogP contribution in [0.2, 0.25) is 0 Å². The number of hydrogen-bond acceptors (Lipinski definition) is 5. The minimum absolute atomic E-state index is 0.0278. The summed E-state index contributed by atoms with van der Waals surface area (Å²) in [5.74, 6) is 0.694. The molecule has 1 fully saturated rings. The highest BCUT2D eigenvalue weighted by atomic mass is 16.3. The number of hydrogen-bond donors (Lipinski definition) is 0. The van der Waals surface area contributed by atoms with E-state index in [4.69, 9.17) is 9.68 Å². The minimum atomic E-state index is -0.0329. The number of carbonyl (C=O) groups is 2. The molecule has 1 aromatic heterocycles. The minimum Gasteiger partial charge on any atom is -0.467 e. The maximum atomic E-state index is 12.7. The van der Waals surface area contributed by atoms with E-state index in [0.717, 1.165) is 0 Å². The number of nitrogens with zero attached hydrogens (tertiary/aromatic N) is 4. The summed E-state index contributed by atoms with van der Waals surface area (Å²) in [6.45, 7) is 3.51. The lowest BCUT2D eigenvalue weighted by atomic mass is 10.2. The number of amides is 2. The molecule has 2 amide bonds. The molecule has 0 N–H and O–H groups in total. The summed E-state index contributed by atoms with van der Waals surface area (Å²) in [6, 6.07) is 14.9. The molecule has 28 heavy (non-hydrogen) atoms. The van der Waals surface area contributed by atoms with E-state index in [-0.39, 0.29) is 24.8 Å². The third-order valence-electron chi connectivity index (χ3n) is 4.81. The van der Waals surface area contributed by atoms with Crippen LogP contribution in [0.5, 0.6) is 0 Å². The van der Waals surface area contributed by atoms with Crippen LogP contribution in [0.4, 0.5) is 0 Å². The molecule has 1 saturated heterocycles. The lowest BCUT2D eigenvalue weighted by Crippen LogP contribution is -2.51. The average Bonchev–Trinajstić information content (AvgIpc) is 3.25. The lowest BCUT2D eigenvalue weighted by Gasteiger charge is -2.35. The van der Waals surface area contributed by atoms with E-state index in [1.165, 1.54) is 0 Å². The zero-order chi connectivity index (χ0) is 19.8. The fraction of sp³-hybridized carbons (Fsp3) is 0.381. The molecule has 1 aliphatic rings. The van der Waals surface area contributed by atoms with Crippen molar-refractivity contribution in [2.45, 2.75) is 13.0 Å². The van der Waals surface area contributed by atoms with Gasteiger partial charge in [0.25, 0.3) is 5.91 Å². The molecular formula is C21H24N4O3. The molecule has 7 nitrogen and oxygen atoms in total. The highest BCUT2D eigenvalue weighted by Crippen LogP contribution is 2.11. The van der Waals surface area contributed by atoms with E-state index >= 15 is 0 Å². The van der Waals surface area contributed by atoms with Gasteiger partial charge in [0.15, 0.2) is 0 Å². The average molecular weight is 380 g/mol. The first-order chi connectivity index (χ1) is 13.7. The van der Waals surface area contributed by atoms with Crippen molar-refractivity contribution in [3.05, 3.63) is 60.1 Å². The van der Waals surface area contributed by atoms with Gasteiger partial charge in [0.1, 0.15) is 5.76 Å². The van der Waals surface area contributed by atoms with Gasteiger partial charge in [-0.1, -0.05) is 18.2 Å². The van der Waals surface area contributed by atoms with Crippen LogP contribution in [0, 0.1) is 11.3 Å². The molecule has 3 rings (SSSR count). The van der Waals surface area contributed by atoms with Crippen molar-refractivity contribution in [2.75, 3.05) is 39.3 Å². The first-order valence-electron chi connectivity index (χ1n) is 9.41. The van der Waals surface area contributed by atoms with Gasteiger partial charge in [-0.3, -0.25) is 14.5 Å². The van der Waals surface area contributed by atoms with Gasteiger partial charge in [-0.05, 0) is 24.3 Å². The molecule has 0 unspecified atom stereocenters. The van der Waals surface area contributed by atoms with Crippen molar-refractivity contribution >= 4 is 11.8 Å². The van der Waals surface area contributed by atoms with Crippen molar-refractivity contribution in [3.63, 3.8) is 0 Å². The Bertz CT molecular complexity index is 806. The first-order valence-corrected chi connectivity index (χ1v) is 9.41. The van der Waals surface area contributed by atoms with Crippen LogP contribution in [-0.4, -0.2) is 65.8 Å². The fourth-order valence-corrected chi connectivity index (χ4v) is 3.23. The molecule has 7 heteroatoms. The van der Waals surface area contributed by atoms with E-state index in [2.05, 4.69) is 11.0 Å². The van der Waals surface area contributed by atoms with Crippen molar-refractivity contribution in [2.24, 2.45) is 0 Å². The molecular weight excluding hydrogens is 356 g/mol. The second kappa shape index (κ2) is 9.72. The smallest absolute Gasteiger partial charge is 0.253 e. The number of benzene rings is 1. The van der Waals surface area contributed by atoms with Crippen LogP contribution < -0.4 is 0 Å². The summed E-state index contributed by atoms with van der Waals surface area (Å²) in [5, 5.41) is 8.86. The number of piperazine rings is 1. The van der Waals surface area contributed by atoms with Gasteiger partial charge in [-0.15, -0.1) is 0 Å². The third kappa shape index (κ3) is 5.21. The molecule has 1 aliphatic heterocycles. The number of carbonyl (C=O) groups excluding carboxylic acids is 2. The van der Waals surface area contributed by atoms with Gasteiger partial charge in [0.2, 0.25) is 5.91 Å². The second-order valence-electron chi connectivity index (χ2n) is 6.74. The molecule has 0 spiro atoms. The Morgan fingerprint density at radius 3 is 2.46 bits per heavy atom. The second-order valence-corrected chi connectivity index (χ2v) is 6.74. The Morgan fingerprint density at radius 1 is 1.07 bits per heavy atom. The molecule has 2 heterocycles. The summed E-state index contributed by atoms with van der Waals surface area (Å²) in [4.78, 5) is 30.8. The van der Waals surface area contributed by atoms with Crippen molar-refractivity contribution in [3.8, 4) is 6.07 Å². The Labute approximate surface area is 164 Å². The Morgan fingerprint density at radius 2 is 1.82 bits per heavy atom. The van der Waals surface area contributed by atoms with E-state index in [1.807, 2.05) is 41.3 Å². The fourth-order valence-electron chi connectivity index (χ4n) is 3.23. The standard InChI is InChI=1S/C21H24N4O3/c22-9-5-10-25(16-19-8-4-15-28-19)20(26)17-23-11-13-24(14-12-23)21(27)18-6-2-1-3-7-18/h1-4,6-8,15H,5,10-14,16-17H2. The van der Waals surface area contributed by atoms with Gasteiger partial charge in [0, 0.05) is 38.3 Å². The van der Waals surface area contributed by atoms with E-state index in [0.29, 0.717) is 50.6 Å². The monoisotopic (exact) mass is 380 g/mol. The van der Waals surface area contributed by atoms with E-state index in [1.54, 1.807) is 17.2 Å². The molecule has 1 aromatic carbocycles. The third-order valence-corrected chi connectivity index (χ3v) is 4.81. The van der Waals surface area contributed by atoms with Gasteiger partial charge in [-0.2, -0.15) is 5.26 Å². The summed E-state index contributed by atoms with van der Waals surface area (Å²) in [7, 11) is 0. The predicted octanol–water partition coefficient (Wildman–Crippen LogP) is 1.98. The van der Waals surface area contributed by atoms with Crippen LogP contribution in [0.15, 0.2) is 53.1 Å². The van der Waals surface area contributed by atoms with Crippen LogP contribution in [-0.2, 0) is 11.3 Å². The van der Waals surface area contributed by atoms with Gasteiger partial charge < -0.3 is 14.2 Å². The molecule has 146 valence electrons. The zero-order valence-electron chi connectivity index (χ0n) is 15.8. The van der Waals surface area contributed by atoms with Crippen LogP contribution >= 0.6 is 0 Å². The summed E-state index contributed by atoms with van der Waals surface area (Å²) >= 11 is 0. The lowest BCUT2D eigenvalue weighted by molar-refractivity contribution is -0.133. The number of furan rings is 1. The Balaban J connectivity index is 1.51. The highest BCUT2D eigenvalue weighted by molar-refractivity contribution is 5.94. The largest absolute Gasteiger partial charge is 0.467 e. The van der Waals surface area contributed by atoms with Gasteiger partial charge >= 0.3 is 0 Å². The van der Waals surface area contributed by atoms with Crippen LogP contribution in [0.25, 0.3) is 0 Å². The topological polar surface area (TPSA) is 80.8 Å². The van der Waals surface area contributed by atoms with Crippen molar-refractivity contribution < 1.29 is 14.0 Å². The van der Waals surface area contributed by atoms with Crippen molar-refractivity contribution in [1.82, 2.24) is 14.7 Å². The SMILES string of the molecule is N#CCCN(Cc1ccco1)C(=O)CN1CCN(C(=O)c2ccccc2)CC1. The molecule has 0 radical (unpaired) electrons. The van der Waals surface area contributed by atoms with E-state index < -0.39 is 0 Å². The Kier molecular flexibility index (Phi) is 6.82. The molecule has 0 saturated carbocycles. The van der Waals surface area contributed by atoms with E-state index in [9.17, 15) is 9.59 Å². The van der Waals surface area contributed by atoms with Crippen LogP contribution in [0.3, 0.4) is 0 Å². The number of rotatable bonds is 7. The number of nitriles is 1. The first kappa shape index (κ1) is 19.6. The Hall–Kier alpha value is -3.11. The summed E-state index contributed by atoms with van der Waals surface area (Å²) < 4.78 is 5.33.